The van der Waals surface area contributed by atoms with Crippen molar-refractivity contribution >= 4 is 11.8 Å². The topological polar surface area (TPSA) is 71.3 Å². The molecule has 0 saturated carbocycles. The third-order valence-electron chi connectivity index (χ3n) is 4.94. The molecule has 3 rings (SSSR count). The molecule has 0 N–H and O–H groups in total. The highest BCUT2D eigenvalue weighted by atomic mass is 19.1. The minimum atomic E-state index is -1.07. The van der Waals surface area contributed by atoms with Crippen molar-refractivity contribution in [1.82, 2.24) is 24.8 Å². The average Bonchev–Trinajstić information content (AvgIpc) is 3.23. The molecule has 2 heterocycles. The van der Waals surface area contributed by atoms with Crippen molar-refractivity contribution in [3.8, 4) is 0 Å². The van der Waals surface area contributed by atoms with Crippen LogP contribution in [0.4, 0.5) is 4.39 Å². The number of rotatable bonds is 4. The second-order valence-corrected chi connectivity index (χ2v) is 7.27. The number of hydrogen-bond acceptors (Lipinski definition) is 4. The summed E-state index contributed by atoms with van der Waals surface area (Å²) in [5, 5.41) is 7.83. The molecule has 1 aromatic heterocycles. The van der Waals surface area contributed by atoms with E-state index >= 15 is 0 Å². The van der Waals surface area contributed by atoms with Crippen LogP contribution in [0.2, 0.25) is 0 Å². The van der Waals surface area contributed by atoms with E-state index in [2.05, 4.69) is 10.3 Å². The van der Waals surface area contributed by atoms with E-state index in [1.165, 1.54) is 15.8 Å². The first kappa shape index (κ1) is 19.0. The molecule has 0 unspecified atom stereocenters. The minimum Gasteiger partial charge on any atom is -0.343 e. The van der Waals surface area contributed by atoms with Crippen LogP contribution in [0.25, 0.3) is 0 Å². The first-order valence-electron chi connectivity index (χ1n) is 8.90. The van der Waals surface area contributed by atoms with E-state index in [0.29, 0.717) is 12.1 Å². The van der Waals surface area contributed by atoms with Gasteiger partial charge in [-0.2, -0.15) is 0 Å². The van der Waals surface area contributed by atoms with Gasteiger partial charge in [0, 0.05) is 26.1 Å². The summed E-state index contributed by atoms with van der Waals surface area (Å²) < 4.78 is 15.6. The van der Waals surface area contributed by atoms with E-state index in [4.69, 9.17) is 0 Å². The molecule has 0 aliphatic carbocycles. The SMILES string of the molecule is Cc1ccc(C(=O)N2C[C@@H](F)C[C@H]2Cn2cc(C(=O)N(C)C)nn2)cc1C. The Balaban J connectivity index is 1.77. The normalized spacial score (nSPS) is 19.4. The quantitative estimate of drug-likeness (QED) is 0.820. The molecular formula is C19H24FN5O2. The number of carbonyl (C=O) groups excluding carboxylic acids is 2. The van der Waals surface area contributed by atoms with Gasteiger partial charge in [0.25, 0.3) is 11.8 Å². The van der Waals surface area contributed by atoms with Gasteiger partial charge < -0.3 is 9.80 Å². The van der Waals surface area contributed by atoms with Crippen molar-refractivity contribution in [2.24, 2.45) is 0 Å². The molecule has 1 aliphatic heterocycles. The number of carbonyl (C=O) groups is 2. The number of likely N-dealkylation sites (tertiary alicyclic amines) is 1. The predicted molar refractivity (Wildman–Crippen MR) is 98.3 cm³/mol. The van der Waals surface area contributed by atoms with Gasteiger partial charge >= 0.3 is 0 Å². The number of nitrogens with zero attached hydrogens (tertiary/aromatic N) is 5. The van der Waals surface area contributed by atoms with Crippen LogP contribution in [-0.4, -0.2) is 69.5 Å². The molecule has 27 heavy (non-hydrogen) atoms. The number of halogens is 1. The van der Waals surface area contributed by atoms with Crippen LogP contribution in [0.5, 0.6) is 0 Å². The van der Waals surface area contributed by atoms with Gasteiger partial charge in [-0.25, -0.2) is 9.07 Å². The number of aryl methyl sites for hydroxylation is 2. The fourth-order valence-electron chi connectivity index (χ4n) is 3.25. The van der Waals surface area contributed by atoms with Crippen molar-refractivity contribution in [2.75, 3.05) is 20.6 Å². The fourth-order valence-corrected chi connectivity index (χ4v) is 3.25. The lowest BCUT2D eigenvalue weighted by molar-refractivity contribution is 0.0713. The average molecular weight is 373 g/mol. The van der Waals surface area contributed by atoms with E-state index in [0.717, 1.165) is 11.1 Å². The Bertz CT molecular complexity index is 864. The van der Waals surface area contributed by atoms with Crippen LogP contribution in [0, 0.1) is 13.8 Å². The van der Waals surface area contributed by atoms with E-state index in [-0.39, 0.29) is 36.5 Å². The Labute approximate surface area is 157 Å². The number of benzene rings is 1. The van der Waals surface area contributed by atoms with Gasteiger partial charge in [0.15, 0.2) is 5.69 Å². The molecule has 2 aromatic rings. The zero-order chi connectivity index (χ0) is 19.7. The van der Waals surface area contributed by atoms with Crippen molar-refractivity contribution in [2.45, 2.75) is 39.0 Å². The molecule has 0 spiro atoms. The molecule has 2 amide bonds. The van der Waals surface area contributed by atoms with Gasteiger partial charge in [0.05, 0.1) is 25.3 Å². The summed E-state index contributed by atoms with van der Waals surface area (Å²) in [7, 11) is 3.27. The monoisotopic (exact) mass is 373 g/mol. The highest BCUT2D eigenvalue weighted by molar-refractivity contribution is 5.95. The predicted octanol–water partition coefficient (Wildman–Crippen LogP) is 1.85. The summed E-state index contributed by atoms with van der Waals surface area (Å²) in [6.07, 6.45) is 0.705. The molecule has 1 saturated heterocycles. The van der Waals surface area contributed by atoms with Crippen molar-refractivity contribution in [1.29, 1.82) is 0 Å². The van der Waals surface area contributed by atoms with Crippen molar-refractivity contribution in [3.63, 3.8) is 0 Å². The Kier molecular flexibility index (Phi) is 5.25. The first-order chi connectivity index (χ1) is 12.8. The smallest absolute Gasteiger partial charge is 0.275 e. The molecule has 7 nitrogen and oxygen atoms in total. The van der Waals surface area contributed by atoms with Crippen LogP contribution in [-0.2, 0) is 6.54 Å². The van der Waals surface area contributed by atoms with Crippen LogP contribution in [0.3, 0.4) is 0 Å². The minimum absolute atomic E-state index is 0.0641. The summed E-state index contributed by atoms with van der Waals surface area (Å²) in [6.45, 7) is 4.29. The maximum Gasteiger partial charge on any atom is 0.275 e. The second-order valence-electron chi connectivity index (χ2n) is 7.27. The maximum atomic E-state index is 14.1. The fraction of sp³-hybridized carbons (Fsp3) is 0.474. The summed E-state index contributed by atoms with van der Waals surface area (Å²) in [6, 6.07) is 5.18. The maximum absolute atomic E-state index is 14.1. The molecule has 8 heteroatoms. The Hall–Kier alpha value is -2.77. The third kappa shape index (κ3) is 3.99. The Morgan fingerprint density at radius 2 is 2.00 bits per heavy atom. The summed E-state index contributed by atoms with van der Waals surface area (Å²) in [5.41, 5.74) is 2.91. The molecular weight excluding hydrogens is 349 g/mol. The number of amides is 2. The molecule has 1 fully saturated rings. The van der Waals surface area contributed by atoms with Crippen LogP contribution in [0.1, 0.15) is 38.4 Å². The first-order valence-corrected chi connectivity index (χ1v) is 8.90. The zero-order valence-corrected chi connectivity index (χ0v) is 16.0. The number of alkyl halides is 1. The summed E-state index contributed by atoms with van der Waals surface area (Å²) in [4.78, 5) is 27.8. The van der Waals surface area contributed by atoms with Crippen LogP contribution < -0.4 is 0 Å². The van der Waals surface area contributed by atoms with Crippen LogP contribution in [0.15, 0.2) is 24.4 Å². The van der Waals surface area contributed by atoms with Crippen molar-refractivity contribution < 1.29 is 14.0 Å². The van der Waals surface area contributed by atoms with Gasteiger partial charge in [0.1, 0.15) is 6.17 Å². The van der Waals surface area contributed by atoms with Gasteiger partial charge in [-0.1, -0.05) is 11.3 Å². The van der Waals surface area contributed by atoms with Gasteiger partial charge in [-0.05, 0) is 37.1 Å². The van der Waals surface area contributed by atoms with E-state index < -0.39 is 6.17 Å². The largest absolute Gasteiger partial charge is 0.343 e. The lowest BCUT2D eigenvalue weighted by atomic mass is 10.1. The standard InChI is InChI=1S/C19H24FN5O2/c1-12-5-6-14(7-13(12)2)18(26)25-9-15(20)8-16(25)10-24-11-17(21-22-24)19(27)23(3)4/h5-7,11,15-16H,8-10H2,1-4H3/t15-,16-/m0/s1. The van der Waals surface area contributed by atoms with E-state index in [9.17, 15) is 14.0 Å². The van der Waals surface area contributed by atoms with Crippen molar-refractivity contribution in [3.05, 3.63) is 46.8 Å². The highest BCUT2D eigenvalue weighted by Crippen LogP contribution is 2.24. The zero-order valence-electron chi connectivity index (χ0n) is 16.0. The number of hydrogen-bond donors (Lipinski definition) is 0. The van der Waals surface area contributed by atoms with Crippen LogP contribution >= 0.6 is 0 Å². The Morgan fingerprint density at radius 1 is 1.26 bits per heavy atom. The highest BCUT2D eigenvalue weighted by Gasteiger charge is 2.36. The lowest BCUT2D eigenvalue weighted by Gasteiger charge is -2.24. The van der Waals surface area contributed by atoms with E-state index in [1.807, 2.05) is 26.0 Å². The summed E-state index contributed by atoms with van der Waals surface area (Å²) in [5.74, 6) is -0.438. The van der Waals surface area contributed by atoms with Gasteiger partial charge in [0.2, 0.25) is 0 Å². The molecule has 0 bridgehead atoms. The third-order valence-corrected chi connectivity index (χ3v) is 4.94. The lowest BCUT2D eigenvalue weighted by Crippen LogP contribution is -2.38. The molecule has 2 atom stereocenters. The summed E-state index contributed by atoms with van der Waals surface area (Å²) >= 11 is 0. The van der Waals surface area contributed by atoms with Gasteiger partial charge in [-0.3, -0.25) is 9.59 Å². The Morgan fingerprint density at radius 3 is 2.67 bits per heavy atom. The van der Waals surface area contributed by atoms with Gasteiger partial charge in [-0.15, -0.1) is 5.10 Å². The molecule has 144 valence electrons. The number of aromatic nitrogens is 3. The molecule has 1 aliphatic rings. The molecule has 1 aromatic carbocycles. The molecule has 0 radical (unpaired) electrons. The van der Waals surface area contributed by atoms with E-state index in [1.54, 1.807) is 25.1 Å². The second kappa shape index (κ2) is 7.46.